The van der Waals surface area contributed by atoms with Gasteiger partial charge in [0, 0.05) is 12.5 Å². The third kappa shape index (κ3) is 3.07. The number of furan rings is 1. The lowest BCUT2D eigenvalue weighted by Crippen LogP contribution is -2.20. The molecule has 18 heavy (non-hydrogen) atoms. The molecule has 1 atom stereocenters. The maximum Gasteiger partial charge on any atom is 0.269 e. The van der Waals surface area contributed by atoms with E-state index in [-0.39, 0.29) is 11.7 Å². The molecule has 0 bridgehead atoms. The Balaban J connectivity index is 1.94. The molecule has 2 aromatic rings. The zero-order chi connectivity index (χ0) is 13.0. The first-order valence-corrected chi connectivity index (χ1v) is 5.57. The van der Waals surface area contributed by atoms with E-state index >= 15 is 0 Å². The Morgan fingerprint density at radius 3 is 2.83 bits per heavy atom. The highest BCUT2D eigenvalue weighted by molar-refractivity contribution is 5.90. The second-order valence-corrected chi connectivity index (χ2v) is 4.00. The molecule has 2 heterocycles. The molecule has 0 aliphatic carbocycles. The van der Waals surface area contributed by atoms with Crippen molar-refractivity contribution in [2.75, 3.05) is 5.32 Å². The molecule has 3 N–H and O–H groups in total. The average Bonchev–Trinajstić information content (AvgIpc) is 2.82. The Morgan fingerprint density at radius 1 is 1.44 bits per heavy atom. The molecule has 0 fully saturated rings. The van der Waals surface area contributed by atoms with Crippen molar-refractivity contribution >= 4 is 11.7 Å². The van der Waals surface area contributed by atoms with Crippen molar-refractivity contribution in [3.63, 3.8) is 0 Å². The van der Waals surface area contributed by atoms with Crippen LogP contribution in [0.1, 0.15) is 23.2 Å². The van der Waals surface area contributed by atoms with Crippen LogP contribution in [0.15, 0.2) is 34.9 Å². The molecule has 1 amide bonds. The quantitative estimate of drug-likeness (QED) is 0.827. The smallest absolute Gasteiger partial charge is 0.269 e. The van der Waals surface area contributed by atoms with Crippen molar-refractivity contribution in [2.45, 2.75) is 19.4 Å². The van der Waals surface area contributed by atoms with Gasteiger partial charge >= 0.3 is 0 Å². The van der Waals surface area contributed by atoms with E-state index in [1.54, 1.807) is 12.3 Å². The molecular formula is C12H14N4O2. The first-order valence-electron chi connectivity index (χ1n) is 5.57. The molecule has 1 unspecified atom stereocenters. The summed E-state index contributed by atoms with van der Waals surface area (Å²) in [7, 11) is 0. The average molecular weight is 246 g/mol. The second kappa shape index (κ2) is 5.31. The van der Waals surface area contributed by atoms with Crippen molar-refractivity contribution in [1.29, 1.82) is 0 Å². The molecule has 0 saturated carbocycles. The summed E-state index contributed by atoms with van der Waals surface area (Å²) in [6.07, 6.45) is 2.38. The molecule has 0 aliphatic rings. The number of anilines is 1. The minimum Gasteiger partial charge on any atom is -0.469 e. The number of amides is 1. The normalized spacial score (nSPS) is 12.1. The number of nitrogens with two attached hydrogens (primary N) is 1. The number of nitrogens with one attached hydrogen (secondary N) is 1. The van der Waals surface area contributed by atoms with E-state index in [1.165, 1.54) is 6.07 Å². The highest BCUT2D eigenvalue weighted by Gasteiger charge is 2.08. The van der Waals surface area contributed by atoms with Gasteiger partial charge in [0.2, 0.25) is 0 Å². The topological polar surface area (TPSA) is 94.0 Å². The Kier molecular flexibility index (Phi) is 3.57. The summed E-state index contributed by atoms with van der Waals surface area (Å²) >= 11 is 0. The van der Waals surface area contributed by atoms with Crippen molar-refractivity contribution in [1.82, 2.24) is 10.2 Å². The SMILES string of the molecule is CC(Cc1ccco1)Nc1ccc(C(N)=O)nn1. The fourth-order valence-electron chi connectivity index (χ4n) is 1.57. The molecule has 2 aromatic heterocycles. The zero-order valence-corrected chi connectivity index (χ0v) is 9.96. The van der Waals surface area contributed by atoms with E-state index < -0.39 is 5.91 Å². The van der Waals surface area contributed by atoms with Crippen LogP contribution in [0.3, 0.4) is 0 Å². The summed E-state index contributed by atoms with van der Waals surface area (Å²) < 4.78 is 5.26. The van der Waals surface area contributed by atoms with Crippen LogP contribution in [0.2, 0.25) is 0 Å². The summed E-state index contributed by atoms with van der Waals surface area (Å²) in [6, 6.07) is 7.12. The number of nitrogens with zero attached hydrogens (tertiary/aromatic N) is 2. The van der Waals surface area contributed by atoms with Crippen molar-refractivity contribution in [3.8, 4) is 0 Å². The minimum atomic E-state index is -0.585. The highest BCUT2D eigenvalue weighted by atomic mass is 16.3. The van der Waals surface area contributed by atoms with Crippen molar-refractivity contribution in [3.05, 3.63) is 42.0 Å². The number of aromatic nitrogens is 2. The largest absolute Gasteiger partial charge is 0.469 e. The zero-order valence-electron chi connectivity index (χ0n) is 9.96. The van der Waals surface area contributed by atoms with E-state index in [9.17, 15) is 4.79 Å². The van der Waals surface area contributed by atoms with Gasteiger partial charge in [-0.15, -0.1) is 10.2 Å². The van der Waals surface area contributed by atoms with Gasteiger partial charge in [0.1, 0.15) is 11.6 Å². The van der Waals surface area contributed by atoms with Crippen molar-refractivity contribution < 1.29 is 9.21 Å². The molecule has 2 rings (SSSR count). The minimum absolute atomic E-state index is 0.143. The monoisotopic (exact) mass is 246 g/mol. The van der Waals surface area contributed by atoms with Gasteiger partial charge in [-0.05, 0) is 31.2 Å². The summed E-state index contributed by atoms with van der Waals surface area (Å²) in [5.74, 6) is 0.911. The van der Waals surface area contributed by atoms with Crippen LogP contribution in [-0.4, -0.2) is 22.1 Å². The van der Waals surface area contributed by atoms with Crippen LogP contribution in [-0.2, 0) is 6.42 Å². The molecule has 0 aromatic carbocycles. The second-order valence-electron chi connectivity index (χ2n) is 4.00. The number of primary amides is 1. The third-order valence-electron chi connectivity index (χ3n) is 2.40. The fraction of sp³-hybridized carbons (Fsp3) is 0.250. The summed E-state index contributed by atoms with van der Waals surface area (Å²) in [5, 5.41) is 10.8. The molecule has 6 heteroatoms. The lowest BCUT2D eigenvalue weighted by molar-refractivity contribution is 0.0994. The summed E-state index contributed by atoms with van der Waals surface area (Å²) in [6.45, 7) is 2.01. The Hall–Kier alpha value is -2.37. The maximum atomic E-state index is 10.8. The first kappa shape index (κ1) is 12.1. The summed E-state index contributed by atoms with van der Waals surface area (Å²) in [4.78, 5) is 10.8. The molecule has 94 valence electrons. The Morgan fingerprint density at radius 2 is 2.28 bits per heavy atom. The van der Waals surface area contributed by atoms with Gasteiger partial charge in [-0.1, -0.05) is 0 Å². The van der Waals surface area contributed by atoms with Crippen LogP contribution in [0.25, 0.3) is 0 Å². The predicted molar refractivity (Wildman–Crippen MR) is 66.0 cm³/mol. The van der Waals surface area contributed by atoms with Gasteiger partial charge in [-0.25, -0.2) is 0 Å². The van der Waals surface area contributed by atoms with E-state index in [1.807, 2.05) is 19.1 Å². The fourth-order valence-corrected chi connectivity index (χ4v) is 1.57. The lowest BCUT2D eigenvalue weighted by Gasteiger charge is -2.12. The van der Waals surface area contributed by atoms with Gasteiger partial charge in [-0.2, -0.15) is 0 Å². The van der Waals surface area contributed by atoms with Gasteiger partial charge in [0.25, 0.3) is 5.91 Å². The van der Waals surface area contributed by atoms with Crippen molar-refractivity contribution in [2.24, 2.45) is 5.73 Å². The number of carbonyl (C=O) groups is 1. The molecule has 6 nitrogen and oxygen atoms in total. The first-order chi connectivity index (χ1) is 8.65. The maximum absolute atomic E-state index is 10.8. The molecule has 0 spiro atoms. The van der Waals surface area contributed by atoms with E-state index in [4.69, 9.17) is 10.2 Å². The standard InChI is InChI=1S/C12H14N4O2/c1-8(7-9-3-2-6-18-9)14-11-5-4-10(12(13)17)15-16-11/h2-6,8H,7H2,1H3,(H2,13,17)(H,14,16). The molecule has 0 saturated heterocycles. The Bertz CT molecular complexity index is 507. The van der Waals surface area contributed by atoms with Gasteiger partial charge < -0.3 is 15.5 Å². The molecular weight excluding hydrogens is 232 g/mol. The number of carbonyl (C=O) groups excluding carboxylic acids is 1. The number of hydrogen-bond donors (Lipinski definition) is 2. The van der Waals surface area contributed by atoms with Gasteiger partial charge in [0.05, 0.1) is 6.26 Å². The van der Waals surface area contributed by atoms with E-state index in [0.29, 0.717) is 5.82 Å². The molecule has 0 aliphatic heterocycles. The van der Waals surface area contributed by atoms with Crippen LogP contribution in [0.4, 0.5) is 5.82 Å². The molecule has 0 radical (unpaired) electrons. The summed E-state index contributed by atoms with van der Waals surface area (Å²) in [5.41, 5.74) is 5.23. The van der Waals surface area contributed by atoms with Crippen LogP contribution < -0.4 is 11.1 Å². The lowest BCUT2D eigenvalue weighted by atomic mass is 10.2. The van der Waals surface area contributed by atoms with Crippen LogP contribution in [0.5, 0.6) is 0 Å². The van der Waals surface area contributed by atoms with E-state index in [0.717, 1.165) is 12.2 Å². The van der Waals surface area contributed by atoms with Gasteiger partial charge in [-0.3, -0.25) is 4.79 Å². The van der Waals surface area contributed by atoms with E-state index in [2.05, 4.69) is 15.5 Å². The van der Waals surface area contributed by atoms with Crippen LogP contribution in [0, 0.1) is 0 Å². The number of rotatable bonds is 5. The third-order valence-corrected chi connectivity index (χ3v) is 2.40. The van der Waals surface area contributed by atoms with Gasteiger partial charge in [0.15, 0.2) is 5.69 Å². The Labute approximate surface area is 104 Å². The predicted octanol–water partition coefficient (Wildman–Crippen LogP) is 1.21. The number of hydrogen-bond acceptors (Lipinski definition) is 5. The van der Waals surface area contributed by atoms with Crippen LogP contribution >= 0.6 is 0 Å². The highest BCUT2D eigenvalue weighted by Crippen LogP contribution is 2.09.